The molecule has 1 heterocycles. The van der Waals surface area contributed by atoms with Crippen LogP contribution in [-0.2, 0) is 9.59 Å². The molecule has 1 aromatic carbocycles. The van der Waals surface area contributed by atoms with Crippen molar-refractivity contribution in [2.24, 2.45) is 0 Å². The van der Waals surface area contributed by atoms with Crippen LogP contribution in [0.3, 0.4) is 0 Å². The first-order valence-corrected chi connectivity index (χ1v) is 9.54. The first-order chi connectivity index (χ1) is 12.4. The molecule has 1 saturated heterocycles. The summed E-state index contributed by atoms with van der Waals surface area (Å²) in [6, 6.07) is 3.22. The molecule has 0 bridgehead atoms. The van der Waals surface area contributed by atoms with Crippen molar-refractivity contribution in [1.82, 2.24) is 4.90 Å². The van der Waals surface area contributed by atoms with Gasteiger partial charge in [0.2, 0.25) is 0 Å². The lowest BCUT2D eigenvalue weighted by Gasteiger charge is -2.13. The number of ether oxygens (including phenoxy) is 2. The van der Waals surface area contributed by atoms with Crippen molar-refractivity contribution < 1.29 is 29.0 Å². The Morgan fingerprint density at radius 1 is 1.27 bits per heavy atom. The number of carbonyl (C=O) groups excluding carboxylic acids is 2. The Balaban J connectivity index is 2.34. The van der Waals surface area contributed by atoms with Gasteiger partial charge >= 0.3 is 5.97 Å². The number of amides is 2. The molecule has 26 heavy (non-hydrogen) atoms. The minimum absolute atomic E-state index is 0.275. The Morgan fingerprint density at radius 2 is 1.96 bits per heavy atom. The third-order valence-corrected chi connectivity index (χ3v) is 4.92. The summed E-state index contributed by atoms with van der Waals surface area (Å²) in [5.41, 5.74) is 0.623. The summed E-state index contributed by atoms with van der Waals surface area (Å²) in [4.78, 5) is 36.6. The van der Waals surface area contributed by atoms with Crippen molar-refractivity contribution in [3.63, 3.8) is 0 Å². The molecular weight excluding hydrogens is 426 g/mol. The largest absolute Gasteiger partial charge is 0.490 e. The van der Waals surface area contributed by atoms with E-state index in [0.29, 0.717) is 40.3 Å². The van der Waals surface area contributed by atoms with Crippen molar-refractivity contribution in [3.05, 3.63) is 27.1 Å². The summed E-state index contributed by atoms with van der Waals surface area (Å²) >= 11 is 4.27. The van der Waals surface area contributed by atoms with Crippen LogP contribution in [-0.4, -0.2) is 46.9 Å². The second-order valence-corrected chi connectivity index (χ2v) is 7.12. The van der Waals surface area contributed by atoms with Gasteiger partial charge in [-0.1, -0.05) is 22.9 Å². The van der Waals surface area contributed by atoms with E-state index in [9.17, 15) is 14.4 Å². The Kier molecular flexibility index (Phi) is 7.10. The van der Waals surface area contributed by atoms with Gasteiger partial charge in [-0.3, -0.25) is 14.5 Å². The predicted octanol–water partition coefficient (Wildman–Crippen LogP) is 3.76. The Bertz CT molecular complexity index is 764. The molecule has 0 aromatic heterocycles. The van der Waals surface area contributed by atoms with Gasteiger partial charge in [0.25, 0.3) is 11.1 Å². The zero-order valence-corrected chi connectivity index (χ0v) is 16.7. The SMILES string of the molecule is CCCN1C(=O)S/C(=C/c2cc(OCC)c(OCC(=O)O)cc2Br)C1=O. The molecule has 0 spiro atoms. The van der Waals surface area contributed by atoms with Crippen LogP contribution < -0.4 is 9.47 Å². The standard InChI is InChI=1S/C17H18BrNO6S/c1-3-5-19-16(22)14(26-17(19)23)7-10-6-12(24-4-2)13(8-11(10)18)25-9-15(20)21/h6-8H,3-5,9H2,1-2H3,(H,20,21)/b14-7+. The summed E-state index contributed by atoms with van der Waals surface area (Å²) < 4.78 is 11.3. The predicted molar refractivity (Wildman–Crippen MR) is 101 cm³/mol. The van der Waals surface area contributed by atoms with Crippen LogP contribution in [0.25, 0.3) is 6.08 Å². The van der Waals surface area contributed by atoms with Gasteiger partial charge in [0.1, 0.15) is 0 Å². The Labute approximate surface area is 163 Å². The van der Waals surface area contributed by atoms with E-state index in [0.717, 1.165) is 11.8 Å². The van der Waals surface area contributed by atoms with E-state index in [4.69, 9.17) is 14.6 Å². The highest BCUT2D eigenvalue weighted by atomic mass is 79.9. The van der Waals surface area contributed by atoms with Gasteiger partial charge in [0.15, 0.2) is 18.1 Å². The number of hydrogen-bond donors (Lipinski definition) is 1. The van der Waals surface area contributed by atoms with Gasteiger partial charge in [0.05, 0.1) is 11.5 Å². The summed E-state index contributed by atoms with van der Waals surface area (Å²) in [7, 11) is 0. The Hall–Kier alpha value is -2.00. The molecule has 7 nitrogen and oxygen atoms in total. The van der Waals surface area contributed by atoms with Crippen molar-refractivity contribution in [2.75, 3.05) is 19.8 Å². The minimum Gasteiger partial charge on any atom is -0.490 e. The lowest BCUT2D eigenvalue weighted by molar-refractivity contribution is -0.139. The number of rotatable bonds is 8. The van der Waals surface area contributed by atoms with Gasteiger partial charge in [-0.05, 0) is 48.9 Å². The zero-order chi connectivity index (χ0) is 19.3. The molecule has 0 atom stereocenters. The molecule has 0 saturated carbocycles. The smallest absolute Gasteiger partial charge is 0.341 e. The third kappa shape index (κ3) is 4.79. The number of aliphatic carboxylic acids is 1. The quantitative estimate of drug-likeness (QED) is 0.611. The highest BCUT2D eigenvalue weighted by molar-refractivity contribution is 9.10. The zero-order valence-electron chi connectivity index (χ0n) is 14.3. The van der Waals surface area contributed by atoms with Crippen molar-refractivity contribution in [1.29, 1.82) is 0 Å². The summed E-state index contributed by atoms with van der Waals surface area (Å²) in [6.07, 6.45) is 2.30. The maximum absolute atomic E-state index is 12.4. The molecule has 0 aliphatic carbocycles. The van der Waals surface area contributed by atoms with E-state index in [2.05, 4.69) is 15.9 Å². The van der Waals surface area contributed by atoms with Gasteiger partial charge < -0.3 is 14.6 Å². The monoisotopic (exact) mass is 443 g/mol. The van der Waals surface area contributed by atoms with Crippen LogP contribution in [0.2, 0.25) is 0 Å². The van der Waals surface area contributed by atoms with Crippen molar-refractivity contribution in [3.8, 4) is 11.5 Å². The normalized spacial score (nSPS) is 15.7. The molecule has 1 N–H and O–H groups in total. The molecule has 2 amide bonds. The highest BCUT2D eigenvalue weighted by Gasteiger charge is 2.34. The number of thioether (sulfide) groups is 1. The first-order valence-electron chi connectivity index (χ1n) is 7.93. The molecule has 9 heteroatoms. The second-order valence-electron chi connectivity index (χ2n) is 5.27. The average Bonchev–Trinajstić information content (AvgIpc) is 2.84. The maximum Gasteiger partial charge on any atom is 0.341 e. The number of benzene rings is 1. The summed E-state index contributed by atoms with van der Waals surface area (Å²) in [6.45, 7) is 3.93. The Morgan fingerprint density at radius 3 is 2.58 bits per heavy atom. The number of halogens is 1. The van der Waals surface area contributed by atoms with Crippen LogP contribution in [0.4, 0.5) is 4.79 Å². The number of hydrogen-bond acceptors (Lipinski definition) is 6. The van der Waals surface area contributed by atoms with E-state index >= 15 is 0 Å². The van der Waals surface area contributed by atoms with E-state index in [-0.39, 0.29) is 16.9 Å². The van der Waals surface area contributed by atoms with Crippen LogP contribution >= 0.6 is 27.7 Å². The molecule has 0 unspecified atom stereocenters. The summed E-state index contributed by atoms with van der Waals surface area (Å²) in [5, 5.41) is 8.48. The summed E-state index contributed by atoms with van der Waals surface area (Å²) in [5.74, 6) is -0.788. The van der Waals surface area contributed by atoms with E-state index < -0.39 is 12.6 Å². The van der Waals surface area contributed by atoms with E-state index in [1.54, 1.807) is 25.1 Å². The molecular formula is C17H18BrNO6S. The van der Waals surface area contributed by atoms with Crippen LogP contribution in [0.5, 0.6) is 11.5 Å². The van der Waals surface area contributed by atoms with Gasteiger partial charge in [-0.2, -0.15) is 0 Å². The molecule has 1 aliphatic heterocycles. The molecule has 1 aliphatic rings. The molecule has 1 fully saturated rings. The lowest BCUT2D eigenvalue weighted by Crippen LogP contribution is -2.28. The minimum atomic E-state index is -1.10. The van der Waals surface area contributed by atoms with Crippen LogP contribution in [0, 0.1) is 0 Å². The number of carbonyl (C=O) groups is 3. The third-order valence-electron chi connectivity index (χ3n) is 3.32. The number of nitrogens with zero attached hydrogens (tertiary/aromatic N) is 1. The number of carboxylic acid groups (broad SMARTS) is 1. The van der Waals surface area contributed by atoms with E-state index in [1.807, 2.05) is 6.92 Å². The molecule has 1 aromatic rings. The lowest BCUT2D eigenvalue weighted by atomic mass is 10.1. The highest BCUT2D eigenvalue weighted by Crippen LogP contribution is 2.38. The molecule has 0 radical (unpaired) electrons. The van der Waals surface area contributed by atoms with Crippen molar-refractivity contribution >= 4 is 50.9 Å². The number of carboxylic acids is 1. The fraction of sp³-hybridized carbons (Fsp3) is 0.353. The molecule has 140 valence electrons. The number of imide groups is 1. The van der Waals surface area contributed by atoms with Crippen LogP contribution in [0.1, 0.15) is 25.8 Å². The van der Waals surface area contributed by atoms with Crippen LogP contribution in [0.15, 0.2) is 21.5 Å². The van der Waals surface area contributed by atoms with E-state index in [1.165, 1.54) is 4.90 Å². The van der Waals surface area contributed by atoms with Crippen molar-refractivity contribution in [2.45, 2.75) is 20.3 Å². The topological polar surface area (TPSA) is 93.1 Å². The van der Waals surface area contributed by atoms with Gasteiger partial charge in [-0.25, -0.2) is 4.79 Å². The van der Waals surface area contributed by atoms with Gasteiger partial charge in [-0.15, -0.1) is 0 Å². The first kappa shape index (κ1) is 20.3. The van der Waals surface area contributed by atoms with Gasteiger partial charge in [0, 0.05) is 11.0 Å². The fourth-order valence-corrected chi connectivity index (χ4v) is 3.53. The maximum atomic E-state index is 12.4. The molecule has 2 rings (SSSR count). The second kappa shape index (κ2) is 9.09. The average molecular weight is 444 g/mol. The fourth-order valence-electron chi connectivity index (χ4n) is 2.24.